The van der Waals surface area contributed by atoms with Crippen molar-refractivity contribution in [2.45, 2.75) is 0 Å². The fraction of sp³-hybridized carbons (Fsp3) is 0. The quantitative estimate of drug-likeness (QED) is 0.665. The number of halogens is 2. The zero-order valence-corrected chi connectivity index (χ0v) is 11.7. The summed E-state index contributed by atoms with van der Waals surface area (Å²) < 4.78 is 18.4. The summed E-state index contributed by atoms with van der Waals surface area (Å²) in [6.07, 6.45) is 0.934. The smallest absolute Gasteiger partial charge is 0.337 e. The highest BCUT2D eigenvalue weighted by Gasteiger charge is 2.21. The molecule has 0 amide bonds. The Kier molecular flexibility index (Phi) is 4.13. The predicted octanol–water partition coefficient (Wildman–Crippen LogP) is 3.38. The van der Waals surface area contributed by atoms with Gasteiger partial charge in [0.05, 0.1) is 15.0 Å². The molecule has 1 aromatic carbocycles. The lowest BCUT2D eigenvalue weighted by Crippen LogP contribution is -2.02. The molecule has 21 heavy (non-hydrogen) atoms. The van der Waals surface area contributed by atoms with E-state index in [1.54, 1.807) is 0 Å². The van der Waals surface area contributed by atoms with Crippen molar-refractivity contribution in [2.75, 3.05) is 0 Å². The molecule has 0 fully saturated rings. The maximum Gasteiger partial charge on any atom is 0.337 e. The third-order valence-electron chi connectivity index (χ3n) is 2.38. The highest BCUT2D eigenvalue weighted by atomic mass is 79.9. The minimum Gasteiger partial charge on any atom is -0.478 e. The number of pyridine rings is 1. The Hall–Kier alpha value is -2.55. The Bertz CT molecular complexity index is 738. The van der Waals surface area contributed by atoms with Crippen LogP contribution in [0.25, 0.3) is 0 Å². The van der Waals surface area contributed by atoms with E-state index in [0.717, 1.165) is 18.3 Å². The SMILES string of the molecule is O=C(O)c1cnc(Oc2ccc(F)c(Br)c2)c([N+](=O)[O-])c1. The molecule has 0 aliphatic heterocycles. The topological polar surface area (TPSA) is 103 Å². The molecule has 7 nitrogen and oxygen atoms in total. The number of rotatable bonds is 4. The van der Waals surface area contributed by atoms with Crippen LogP contribution in [0, 0.1) is 15.9 Å². The third kappa shape index (κ3) is 3.31. The molecule has 0 aliphatic carbocycles. The van der Waals surface area contributed by atoms with Crippen LogP contribution in [-0.2, 0) is 0 Å². The first-order valence-corrected chi connectivity index (χ1v) is 6.18. The van der Waals surface area contributed by atoms with Crippen molar-refractivity contribution in [3.8, 4) is 11.6 Å². The molecule has 1 N–H and O–H groups in total. The number of ether oxygens (including phenoxy) is 1. The van der Waals surface area contributed by atoms with Crippen LogP contribution in [-0.4, -0.2) is 21.0 Å². The molecule has 1 aromatic heterocycles. The normalized spacial score (nSPS) is 10.2. The Morgan fingerprint density at radius 1 is 1.43 bits per heavy atom. The van der Waals surface area contributed by atoms with Crippen LogP contribution in [0.5, 0.6) is 11.6 Å². The second-order valence-corrected chi connectivity index (χ2v) is 4.64. The van der Waals surface area contributed by atoms with E-state index in [1.165, 1.54) is 12.1 Å². The van der Waals surface area contributed by atoms with Gasteiger partial charge in [0.1, 0.15) is 11.6 Å². The summed E-state index contributed by atoms with van der Waals surface area (Å²) in [5, 5.41) is 19.7. The highest BCUT2D eigenvalue weighted by Crippen LogP contribution is 2.31. The monoisotopic (exact) mass is 356 g/mol. The van der Waals surface area contributed by atoms with E-state index >= 15 is 0 Å². The van der Waals surface area contributed by atoms with Crippen LogP contribution in [0.3, 0.4) is 0 Å². The van der Waals surface area contributed by atoms with E-state index in [4.69, 9.17) is 9.84 Å². The number of aromatic nitrogens is 1. The van der Waals surface area contributed by atoms with Crippen LogP contribution in [0.1, 0.15) is 10.4 Å². The van der Waals surface area contributed by atoms with Crippen molar-refractivity contribution in [1.82, 2.24) is 4.98 Å². The molecule has 0 aliphatic rings. The molecule has 108 valence electrons. The number of benzene rings is 1. The van der Waals surface area contributed by atoms with Crippen molar-refractivity contribution in [2.24, 2.45) is 0 Å². The van der Waals surface area contributed by atoms with Crippen LogP contribution < -0.4 is 4.74 Å². The van der Waals surface area contributed by atoms with Crippen LogP contribution >= 0.6 is 15.9 Å². The van der Waals surface area contributed by atoms with Crippen molar-refractivity contribution >= 4 is 27.6 Å². The van der Waals surface area contributed by atoms with Gasteiger partial charge in [-0.1, -0.05) is 0 Å². The van der Waals surface area contributed by atoms with Crippen LogP contribution in [0.2, 0.25) is 0 Å². The second kappa shape index (κ2) is 5.83. The summed E-state index contributed by atoms with van der Waals surface area (Å²) in [6.45, 7) is 0. The molecule has 2 rings (SSSR count). The molecule has 0 spiro atoms. The summed E-state index contributed by atoms with van der Waals surface area (Å²) in [6, 6.07) is 4.47. The van der Waals surface area contributed by atoms with E-state index in [1.807, 2.05) is 0 Å². The van der Waals surface area contributed by atoms with Gasteiger partial charge >= 0.3 is 11.7 Å². The first-order chi connectivity index (χ1) is 9.88. The number of hydrogen-bond donors (Lipinski definition) is 1. The maximum atomic E-state index is 13.1. The number of nitro groups is 1. The third-order valence-corrected chi connectivity index (χ3v) is 2.99. The fourth-order valence-electron chi connectivity index (χ4n) is 1.42. The summed E-state index contributed by atoms with van der Waals surface area (Å²) in [5.41, 5.74) is -0.940. The van der Waals surface area contributed by atoms with Crippen LogP contribution in [0.4, 0.5) is 10.1 Å². The minimum atomic E-state index is -1.35. The minimum absolute atomic E-state index is 0.113. The van der Waals surface area contributed by atoms with E-state index in [2.05, 4.69) is 20.9 Å². The Labute approximate surface area is 125 Å². The summed E-state index contributed by atoms with van der Waals surface area (Å²) in [5.74, 6) is -2.14. The lowest BCUT2D eigenvalue weighted by molar-refractivity contribution is -0.386. The van der Waals surface area contributed by atoms with Gasteiger partial charge in [-0.15, -0.1) is 0 Å². The Morgan fingerprint density at radius 2 is 2.14 bits per heavy atom. The molecule has 0 saturated heterocycles. The molecule has 1 heterocycles. The number of carbonyl (C=O) groups is 1. The molecule has 2 aromatic rings. The molecule has 0 bridgehead atoms. The molecular weight excluding hydrogens is 351 g/mol. The number of aromatic carboxylic acids is 1. The average molecular weight is 357 g/mol. The van der Waals surface area contributed by atoms with E-state index in [0.29, 0.717) is 0 Å². The number of nitrogens with zero attached hydrogens (tertiary/aromatic N) is 2. The number of carboxylic acids is 1. The van der Waals surface area contributed by atoms with Crippen molar-refractivity contribution in [1.29, 1.82) is 0 Å². The molecule has 0 saturated carbocycles. The number of carboxylic acid groups (broad SMARTS) is 1. The van der Waals surface area contributed by atoms with Gasteiger partial charge in [0.2, 0.25) is 0 Å². The van der Waals surface area contributed by atoms with Gasteiger partial charge in [-0.25, -0.2) is 14.2 Å². The maximum absolute atomic E-state index is 13.1. The molecule has 0 unspecified atom stereocenters. The molecule has 0 atom stereocenters. The molecule has 9 heteroatoms. The van der Waals surface area contributed by atoms with E-state index < -0.39 is 22.4 Å². The van der Waals surface area contributed by atoms with E-state index in [-0.39, 0.29) is 21.7 Å². The zero-order chi connectivity index (χ0) is 15.6. The summed E-state index contributed by atoms with van der Waals surface area (Å²) in [4.78, 5) is 24.5. The zero-order valence-electron chi connectivity index (χ0n) is 10.1. The second-order valence-electron chi connectivity index (χ2n) is 3.79. The first-order valence-electron chi connectivity index (χ1n) is 5.39. The van der Waals surface area contributed by atoms with Crippen LogP contribution in [0.15, 0.2) is 34.9 Å². The van der Waals surface area contributed by atoms with Crippen molar-refractivity contribution in [3.05, 3.63) is 56.4 Å². The lowest BCUT2D eigenvalue weighted by atomic mass is 10.2. The van der Waals surface area contributed by atoms with Gasteiger partial charge in [-0.3, -0.25) is 10.1 Å². The van der Waals surface area contributed by atoms with Gasteiger partial charge in [-0.05, 0) is 34.1 Å². The van der Waals surface area contributed by atoms with Crippen molar-refractivity contribution in [3.63, 3.8) is 0 Å². The van der Waals surface area contributed by atoms with Gasteiger partial charge in [0.25, 0.3) is 5.88 Å². The average Bonchev–Trinajstić information content (AvgIpc) is 2.43. The van der Waals surface area contributed by atoms with Gasteiger partial charge < -0.3 is 9.84 Å². The fourth-order valence-corrected chi connectivity index (χ4v) is 1.78. The summed E-state index contributed by atoms with van der Waals surface area (Å²) in [7, 11) is 0. The molecular formula is C12H6BrFN2O5. The highest BCUT2D eigenvalue weighted by molar-refractivity contribution is 9.10. The van der Waals surface area contributed by atoms with Crippen molar-refractivity contribution < 1.29 is 24.0 Å². The van der Waals surface area contributed by atoms with Gasteiger partial charge in [0, 0.05) is 12.3 Å². The summed E-state index contributed by atoms with van der Waals surface area (Å²) >= 11 is 2.95. The standard InChI is InChI=1S/C12H6BrFN2O5/c13-8-4-7(1-2-9(8)14)21-11-10(16(19)20)3-6(5-15-11)12(17)18/h1-5H,(H,17,18). The molecule has 0 radical (unpaired) electrons. The first kappa shape index (κ1) is 14.9. The Balaban J connectivity index is 2.41. The van der Waals surface area contributed by atoms with Gasteiger partial charge in [0.15, 0.2) is 0 Å². The lowest BCUT2D eigenvalue weighted by Gasteiger charge is -2.06. The Morgan fingerprint density at radius 3 is 2.71 bits per heavy atom. The largest absolute Gasteiger partial charge is 0.478 e. The number of hydrogen-bond acceptors (Lipinski definition) is 5. The van der Waals surface area contributed by atoms with E-state index in [9.17, 15) is 19.3 Å². The predicted molar refractivity (Wildman–Crippen MR) is 72.0 cm³/mol. The van der Waals surface area contributed by atoms with Gasteiger partial charge in [-0.2, -0.15) is 0 Å².